The Hall–Kier alpha value is -1.30. The fraction of sp³-hybridized carbons (Fsp3) is 0.444. The molecule has 15 heavy (non-hydrogen) atoms. The summed E-state index contributed by atoms with van der Waals surface area (Å²) in [7, 11) is 0. The average molecular weight is 223 g/mol. The smallest absolute Gasteiger partial charge is 0.223 e. The highest BCUT2D eigenvalue weighted by Crippen LogP contribution is 2.24. The van der Waals surface area contributed by atoms with E-state index in [2.05, 4.69) is 21.9 Å². The van der Waals surface area contributed by atoms with E-state index < -0.39 is 0 Å². The summed E-state index contributed by atoms with van der Waals surface area (Å²) in [6.45, 7) is 4.96. The Labute approximate surface area is 92.1 Å². The maximum Gasteiger partial charge on any atom is 0.223 e. The zero-order valence-corrected chi connectivity index (χ0v) is 9.58. The van der Waals surface area contributed by atoms with Crippen LogP contribution in [0.4, 0.5) is 5.95 Å². The van der Waals surface area contributed by atoms with E-state index >= 15 is 0 Å². The first-order valence-corrected chi connectivity index (χ1v) is 5.86. The third-order valence-electron chi connectivity index (χ3n) is 2.07. The Kier molecular flexibility index (Phi) is 2.77. The molecule has 2 aromatic heterocycles. The molecule has 0 radical (unpaired) electrons. The fourth-order valence-corrected chi connectivity index (χ4v) is 2.12. The number of fused-ring (bicyclic) bond motifs is 1. The van der Waals surface area contributed by atoms with Crippen LogP contribution in [0.2, 0.25) is 0 Å². The molecule has 2 N–H and O–H groups in total. The summed E-state index contributed by atoms with van der Waals surface area (Å²) >= 11 is 1.64. The maximum absolute atomic E-state index is 5.66. The van der Waals surface area contributed by atoms with Crippen molar-refractivity contribution in [3.8, 4) is 0 Å². The van der Waals surface area contributed by atoms with E-state index in [4.69, 9.17) is 5.73 Å². The molecule has 0 saturated heterocycles. The van der Waals surface area contributed by atoms with Crippen molar-refractivity contribution in [2.75, 3.05) is 11.5 Å². The molecule has 0 amide bonds. The molecule has 0 aromatic carbocycles. The van der Waals surface area contributed by atoms with Gasteiger partial charge in [0.2, 0.25) is 5.95 Å². The topological polar surface area (TPSA) is 69.6 Å². The second-order valence-corrected chi connectivity index (χ2v) is 4.28. The second kappa shape index (κ2) is 4.06. The van der Waals surface area contributed by atoms with Gasteiger partial charge in [0.1, 0.15) is 10.5 Å². The van der Waals surface area contributed by atoms with Crippen LogP contribution in [-0.2, 0) is 6.54 Å². The van der Waals surface area contributed by atoms with E-state index in [0.29, 0.717) is 5.95 Å². The van der Waals surface area contributed by atoms with Crippen LogP contribution < -0.4 is 5.73 Å². The molecule has 0 bridgehead atoms. The Balaban J connectivity index is 2.65. The molecule has 6 heteroatoms. The van der Waals surface area contributed by atoms with Crippen LogP contribution in [0.5, 0.6) is 0 Å². The summed E-state index contributed by atoms with van der Waals surface area (Å²) in [6.07, 6.45) is 1.78. The summed E-state index contributed by atoms with van der Waals surface area (Å²) in [5.74, 6) is 1.26. The highest BCUT2D eigenvalue weighted by Gasteiger charge is 2.10. The van der Waals surface area contributed by atoms with Crippen LogP contribution in [-0.4, -0.2) is 25.3 Å². The zero-order chi connectivity index (χ0) is 10.8. The van der Waals surface area contributed by atoms with Gasteiger partial charge in [0.15, 0.2) is 5.65 Å². The molecule has 0 aliphatic heterocycles. The lowest BCUT2D eigenvalue weighted by Crippen LogP contribution is -2.00. The van der Waals surface area contributed by atoms with E-state index in [1.807, 2.05) is 11.5 Å². The molecule has 0 unspecified atom stereocenters. The van der Waals surface area contributed by atoms with E-state index in [0.717, 1.165) is 28.5 Å². The Morgan fingerprint density at radius 2 is 2.20 bits per heavy atom. The van der Waals surface area contributed by atoms with E-state index in [1.165, 1.54) is 0 Å². The molecule has 0 fully saturated rings. The molecule has 0 saturated carbocycles. The number of aryl methyl sites for hydroxylation is 1. The van der Waals surface area contributed by atoms with Crippen molar-refractivity contribution in [2.45, 2.75) is 25.4 Å². The van der Waals surface area contributed by atoms with Crippen molar-refractivity contribution < 1.29 is 0 Å². The normalized spacial score (nSPS) is 11.1. The standard InChI is InChI=1S/C9H13N5S/c1-3-14-5-11-6-7(14)12-9(10)13-8(6)15-4-2/h5H,3-4H2,1-2H3,(H2,10,12,13). The first-order chi connectivity index (χ1) is 7.26. The molecule has 0 spiro atoms. The van der Waals surface area contributed by atoms with Gasteiger partial charge in [-0.2, -0.15) is 4.98 Å². The van der Waals surface area contributed by atoms with Gasteiger partial charge in [-0.3, -0.25) is 0 Å². The number of anilines is 1. The van der Waals surface area contributed by atoms with Crippen LogP contribution in [0, 0.1) is 0 Å². The molecule has 80 valence electrons. The molecule has 2 aromatic rings. The lowest BCUT2D eigenvalue weighted by atomic mass is 10.5. The molecule has 5 nitrogen and oxygen atoms in total. The number of hydrogen-bond donors (Lipinski definition) is 1. The minimum absolute atomic E-state index is 0.314. The van der Waals surface area contributed by atoms with Crippen molar-refractivity contribution >= 4 is 28.9 Å². The number of thioether (sulfide) groups is 1. The van der Waals surface area contributed by atoms with Gasteiger partial charge in [-0.25, -0.2) is 9.97 Å². The largest absolute Gasteiger partial charge is 0.368 e. The predicted octanol–water partition coefficient (Wildman–Crippen LogP) is 1.54. The molecular formula is C9H13N5S. The van der Waals surface area contributed by atoms with Crippen molar-refractivity contribution in [2.24, 2.45) is 0 Å². The van der Waals surface area contributed by atoms with Gasteiger partial charge in [0.25, 0.3) is 0 Å². The van der Waals surface area contributed by atoms with Crippen LogP contribution >= 0.6 is 11.8 Å². The van der Waals surface area contributed by atoms with Gasteiger partial charge in [0, 0.05) is 6.54 Å². The minimum Gasteiger partial charge on any atom is -0.368 e. The van der Waals surface area contributed by atoms with Crippen LogP contribution in [0.25, 0.3) is 11.2 Å². The quantitative estimate of drug-likeness (QED) is 0.631. The van der Waals surface area contributed by atoms with Gasteiger partial charge < -0.3 is 10.3 Å². The van der Waals surface area contributed by atoms with Gasteiger partial charge in [-0.15, -0.1) is 11.8 Å². The number of nitrogens with zero attached hydrogens (tertiary/aromatic N) is 4. The SMILES string of the molecule is CCSc1nc(N)nc2c1ncn2CC. The predicted molar refractivity (Wildman–Crippen MR) is 61.8 cm³/mol. The number of nitrogen functional groups attached to an aromatic ring is 1. The maximum atomic E-state index is 5.66. The van der Waals surface area contributed by atoms with Crippen molar-refractivity contribution in [3.05, 3.63) is 6.33 Å². The first-order valence-electron chi connectivity index (χ1n) is 4.87. The average Bonchev–Trinajstić information content (AvgIpc) is 2.61. The monoisotopic (exact) mass is 223 g/mol. The molecular weight excluding hydrogens is 210 g/mol. The summed E-state index contributed by atoms with van der Waals surface area (Å²) in [5.41, 5.74) is 7.33. The fourth-order valence-electron chi connectivity index (χ4n) is 1.40. The Morgan fingerprint density at radius 3 is 2.87 bits per heavy atom. The van der Waals surface area contributed by atoms with Crippen LogP contribution in [0.15, 0.2) is 11.4 Å². The Morgan fingerprint density at radius 1 is 1.40 bits per heavy atom. The third-order valence-corrected chi connectivity index (χ3v) is 2.92. The molecule has 2 heterocycles. The summed E-state index contributed by atoms with van der Waals surface area (Å²) < 4.78 is 1.97. The van der Waals surface area contributed by atoms with Gasteiger partial charge in [-0.1, -0.05) is 6.92 Å². The Bertz CT molecular complexity index is 479. The van der Waals surface area contributed by atoms with Crippen LogP contribution in [0.1, 0.15) is 13.8 Å². The molecule has 0 atom stereocenters. The highest BCUT2D eigenvalue weighted by atomic mass is 32.2. The van der Waals surface area contributed by atoms with Crippen molar-refractivity contribution in [3.63, 3.8) is 0 Å². The van der Waals surface area contributed by atoms with Crippen molar-refractivity contribution in [1.82, 2.24) is 19.5 Å². The van der Waals surface area contributed by atoms with E-state index in [-0.39, 0.29) is 0 Å². The first kappa shape index (κ1) is 10.2. The van der Waals surface area contributed by atoms with Crippen molar-refractivity contribution in [1.29, 1.82) is 0 Å². The minimum atomic E-state index is 0.314. The highest BCUT2D eigenvalue weighted by molar-refractivity contribution is 7.99. The number of imidazole rings is 1. The van der Waals surface area contributed by atoms with Gasteiger partial charge in [-0.05, 0) is 12.7 Å². The second-order valence-electron chi connectivity index (χ2n) is 3.02. The summed E-state index contributed by atoms with van der Waals surface area (Å²) in [6, 6.07) is 0. The summed E-state index contributed by atoms with van der Waals surface area (Å²) in [5, 5.41) is 0.868. The molecule has 2 rings (SSSR count). The number of aromatic nitrogens is 4. The van der Waals surface area contributed by atoms with E-state index in [1.54, 1.807) is 18.1 Å². The summed E-state index contributed by atoms with van der Waals surface area (Å²) in [4.78, 5) is 12.7. The third kappa shape index (κ3) is 1.77. The van der Waals surface area contributed by atoms with Gasteiger partial charge >= 0.3 is 0 Å². The lowest BCUT2D eigenvalue weighted by Gasteiger charge is -2.02. The van der Waals surface area contributed by atoms with Crippen LogP contribution in [0.3, 0.4) is 0 Å². The lowest BCUT2D eigenvalue weighted by molar-refractivity contribution is 0.777. The van der Waals surface area contributed by atoms with Gasteiger partial charge in [0.05, 0.1) is 6.33 Å². The molecule has 0 aliphatic rings. The number of nitrogens with two attached hydrogens (primary N) is 1. The zero-order valence-electron chi connectivity index (χ0n) is 8.77. The molecule has 0 aliphatic carbocycles. The van der Waals surface area contributed by atoms with E-state index in [9.17, 15) is 0 Å². The number of rotatable bonds is 3. The number of hydrogen-bond acceptors (Lipinski definition) is 5.